The number of amides is 1. The molecular formula is C13H19ClF3N3O3S. The van der Waals surface area contributed by atoms with E-state index in [1.165, 1.54) is 0 Å². The van der Waals surface area contributed by atoms with Crippen molar-refractivity contribution < 1.29 is 26.4 Å². The zero-order chi connectivity index (χ0) is 17.9. The van der Waals surface area contributed by atoms with Crippen LogP contribution in [0.5, 0.6) is 0 Å². The fourth-order valence-electron chi connectivity index (χ4n) is 1.47. The van der Waals surface area contributed by atoms with Crippen molar-refractivity contribution in [2.75, 3.05) is 13.1 Å². The number of carbonyl (C=O) groups excluding carboxylic acids is 1. The number of carbonyl (C=O) groups is 1. The van der Waals surface area contributed by atoms with Crippen molar-refractivity contribution in [1.29, 1.82) is 0 Å². The van der Waals surface area contributed by atoms with Gasteiger partial charge < -0.3 is 11.1 Å². The first kappa shape index (κ1) is 22.6. The Morgan fingerprint density at radius 3 is 2.33 bits per heavy atom. The number of nitrogens with one attached hydrogen (secondary N) is 2. The largest absolute Gasteiger partial charge is 0.416 e. The first-order valence-corrected chi connectivity index (χ1v) is 8.02. The van der Waals surface area contributed by atoms with Crippen molar-refractivity contribution in [1.82, 2.24) is 10.0 Å². The molecule has 6 nitrogen and oxygen atoms in total. The number of sulfonamides is 1. The number of nitrogens with two attached hydrogens (primary N) is 1. The molecule has 0 heterocycles. The predicted molar refractivity (Wildman–Crippen MR) is 85.2 cm³/mol. The van der Waals surface area contributed by atoms with Gasteiger partial charge in [-0.15, -0.1) is 12.4 Å². The van der Waals surface area contributed by atoms with E-state index >= 15 is 0 Å². The Hall–Kier alpha value is -1.36. The van der Waals surface area contributed by atoms with E-state index in [4.69, 9.17) is 5.73 Å². The van der Waals surface area contributed by atoms with Crippen LogP contribution in [0.25, 0.3) is 0 Å². The van der Waals surface area contributed by atoms with Crippen molar-refractivity contribution in [2.45, 2.75) is 30.5 Å². The summed E-state index contributed by atoms with van der Waals surface area (Å²) in [5, 5.41) is 2.41. The Balaban J connectivity index is 0.00000529. The second-order valence-corrected chi connectivity index (χ2v) is 7.38. The van der Waals surface area contributed by atoms with Crippen molar-refractivity contribution in [2.24, 2.45) is 5.73 Å². The van der Waals surface area contributed by atoms with Crippen LogP contribution in [-0.2, 0) is 21.0 Å². The van der Waals surface area contributed by atoms with E-state index in [9.17, 15) is 26.4 Å². The van der Waals surface area contributed by atoms with Crippen molar-refractivity contribution in [3.63, 3.8) is 0 Å². The monoisotopic (exact) mass is 389 g/mol. The first-order valence-electron chi connectivity index (χ1n) is 6.54. The lowest BCUT2D eigenvalue weighted by atomic mass is 10.1. The van der Waals surface area contributed by atoms with Gasteiger partial charge in [-0.1, -0.05) is 6.07 Å². The highest BCUT2D eigenvalue weighted by Crippen LogP contribution is 2.30. The fourth-order valence-corrected chi connectivity index (χ4v) is 2.50. The van der Waals surface area contributed by atoms with Crippen LogP contribution in [0.1, 0.15) is 19.4 Å². The van der Waals surface area contributed by atoms with Gasteiger partial charge in [-0.2, -0.15) is 13.2 Å². The molecule has 24 heavy (non-hydrogen) atoms. The van der Waals surface area contributed by atoms with Crippen LogP contribution >= 0.6 is 12.4 Å². The number of hydrogen-bond donors (Lipinski definition) is 3. The zero-order valence-corrected chi connectivity index (χ0v) is 14.6. The zero-order valence-electron chi connectivity index (χ0n) is 13.0. The summed E-state index contributed by atoms with van der Waals surface area (Å²) in [7, 11) is -4.23. The molecule has 0 bridgehead atoms. The van der Waals surface area contributed by atoms with Crippen LogP contribution in [0.3, 0.4) is 0 Å². The van der Waals surface area contributed by atoms with E-state index < -0.39 is 44.6 Å². The molecule has 0 aliphatic heterocycles. The van der Waals surface area contributed by atoms with E-state index in [0.29, 0.717) is 6.07 Å². The van der Waals surface area contributed by atoms with Gasteiger partial charge in [0, 0.05) is 12.1 Å². The molecule has 0 aliphatic carbocycles. The molecule has 0 aliphatic rings. The van der Waals surface area contributed by atoms with Gasteiger partial charge in [-0.25, -0.2) is 13.1 Å². The van der Waals surface area contributed by atoms with Crippen LogP contribution < -0.4 is 15.8 Å². The van der Waals surface area contributed by atoms with Crippen LogP contribution in [0.4, 0.5) is 13.2 Å². The Morgan fingerprint density at radius 2 is 1.83 bits per heavy atom. The molecule has 1 aromatic rings. The molecule has 1 amide bonds. The van der Waals surface area contributed by atoms with Gasteiger partial charge in [0.05, 0.1) is 17.0 Å². The number of halogens is 4. The number of hydrogen-bond acceptors (Lipinski definition) is 4. The quantitative estimate of drug-likeness (QED) is 0.681. The summed E-state index contributed by atoms with van der Waals surface area (Å²) in [4.78, 5) is 11.0. The molecule has 0 aromatic heterocycles. The van der Waals surface area contributed by atoms with E-state index in [2.05, 4.69) is 5.32 Å². The van der Waals surface area contributed by atoms with Gasteiger partial charge in [0.2, 0.25) is 15.9 Å². The highest BCUT2D eigenvalue weighted by Gasteiger charge is 2.31. The third-order valence-corrected chi connectivity index (χ3v) is 4.03. The third-order valence-electron chi connectivity index (χ3n) is 2.64. The van der Waals surface area contributed by atoms with Gasteiger partial charge in [-0.3, -0.25) is 4.79 Å². The lowest BCUT2D eigenvalue weighted by Crippen LogP contribution is -2.47. The second-order valence-electron chi connectivity index (χ2n) is 5.62. The summed E-state index contributed by atoms with van der Waals surface area (Å²) in [6, 6.07) is 3.26. The summed E-state index contributed by atoms with van der Waals surface area (Å²) in [6.45, 7) is 2.85. The summed E-state index contributed by atoms with van der Waals surface area (Å²) >= 11 is 0. The minimum absolute atomic E-state index is 0. The van der Waals surface area contributed by atoms with Gasteiger partial charge in [0.15, 0.2) is 0 Å². The van der Waals surface area contributed by atoms with Gasteiger partial charge in [-0.05, 0) is 32.0 Å². The summed E-state index contributed by atoms with van der Waals surface area (Å²) < 4.78 is 63.6. The Morgan fingerprint density at radius 1 is 1.25 bits per heavy atom. The Bertz CT molecular complexity index is 673. The van der Waals surface area contributed by atoms with Crippen LogP contribution in [0.2, 0.25) is 0 Å². The minimum Gasteiger partial charge on any atom is -0.353 e. The van der Waals surface area contributed by atoms with Gasteiger partial charge >= 0.3 is 6.18 Å². The van der Waals surface area contributed by atoms with Crippen molar-refractivity contribution >= 4 is 28.3 Å². The molecule has 1 rings (SSSR count). The predicted octanol–water partition coefficient (Wildman–Crippen LogP) is 1.26. The fraction of sp³-hybridized carbons (Fsp3) is 0.462. The van der Waals surface area contributed by atoms with Gasteiger partial charge in [0.1, 0.15) is 0 Å². The SMILES string of the molecule is CC(C)(N)CNC(=O)CNS(=O)(=O)c1cccc(C(F)(F)F)c1.Cl. The number of benzene rings is 1. The molecule has 4 N–H and O–H groups in total. The maximum Gasteiger partial charge on any atom is 0.416 e. The van der Waals surface area contributed by atoms with E-state index in [0.717, 1.165) is 18.2 Å². The molecule has 0 unspecified atom stereocenters. The molecule has 0 radical (unpaired) electrons. The van der Waals surface area contributed by atoms with E-state index in [1.807, 2.05) is 4.72 Å². The van der Waals surface area contributed by atoms with Crippen molar-refractivity contribution in [3.8, 4) is 0 Å². The smallest absolute Gasteiger partial charge is 0.353 e. The van der Waals surface area contributed by atoms with Crippen LogP contribution in [-0.4, -0.2) is 33.0 Å². The standard InChI is InChI=1S/C13H18F3N3O3S.ClH/c1-12(2,17)8-18-11(20)7-19-23(21,22)10-5-3-4-9(6-10)13(14,15)16;/h3-6,19H,7-8,17H2,1-2H3,(H,18,20);1H. The average molecular weight is 390 g/mol. The summed E-state index contributed by atoms with van der Waals surface area (Å²) in [5.74, 6) is -0.640. The average Bonchev–Trinajstić information content (AvgIpc) is 2.41. The van der Waals surface area contributed by atoms with E-state index in [1.54, 1.807) is 13.8 Å². The molecule has 0 saturated heterocycles. The summed E-state index contributed by atoms with van der Waals surface area (Å²) in [6.07, 6.45) is -4.66. The lowest BCUT2D eigenvalue weighted by molar-refractivity contribution is -0.137. The molecule has 1 aromatic carbocycles. The summed E-state index contributed by atoms with van der Waals surface area (Å²) in [5.41, 5.74) is 3.89. The molecule has 0 saturated carbocycles. The van der Waals surface area contributed by atoms with Crippen LogP contribution in [0, 0.1) is 0 Å². The molecular weight excluding hydrogens is 371 g/mol. The van der Waals surface area contributed by atoms with Gasteiger partial charge in [0.25, 0.3) is 0 Å². The lowest BCUT2D eigenvalue weighted by Gasteiger charge is -2.19. The maximum absolute atomic E-state index is 12.6. The number of alkyl halides is 3. The second kappa shape index (κ2) is 8.15. The highest BCUT2D eigenvalue weighted by atomic mass is 35.5. The highest BCUT2D eigenvalue weighted by molar-refractivity contribution is 7.89. The third kappa shape index (κ3) is 7.47. The number of rotatable bonds is 6. The van der Waals surface area contributed by atoms with Crippen molar-refractivity contribution in [3.05, 3.63) is 29.8 Å². The Kier molecular flexibility index (Phi) is 7.68. The normalized spacial score (nSPS) is 12.4. The first-order chi connectivity index (χ1) is 10.3. The van der Waals surface area contributed by atoms with E-state index in [-0.39, 0.29) is 19.0 Å². The van der Waals surface area contributed by atoms with Crippen LogP contribution in [0.15, 0.2) is 29.2 Å². The minimum atomic E-state index is -4.66. The molecule has 0 atom stereocenters. The molecule has 11 heteroatoms. The molecule has 0 fully saturated rings. The molecule has 0 spiro atoms. The Labute approximate surface area is 144 Å². The topological polar surface area (TPSA) is 101 Å². The maximum atomic E-state index is 12.6. The molecule has 138 valence electrons.